The number of nitrogens with two attached hydrogens (primary N) is 1. The minimum atomic E-state index is -0.877. The summed E-state index contributed by atoms with van der Waals surface area (Å²) in [5.74, 6) is -1.13. The lowest BCUT2D eigenvalue weighted by atomic mass is 10.1. The summed E-state index contributed by atoms with van der Waals surface area (Å²) in [5, 5.41) is 10.1. The highest BCUT2D eigenvalue weighted by molar-refractivity contribution is 8.05. The van der Waals surface area contributed by atoms with Crippen LogP contribution in [0.2, 0.25) is 10.0 Å². The van der Waals surface area contributed by atoms with Crippen molar-refractivity contribution >= 4 is 52.5 Å². The van der Waals surface area contributed by atoms with Crippen LogP contribution in [0.5, 0.6) is 0 Å². The summed E-state index contributed by atoms with van der Waals surface area (Å²) >= 11 is 13.4. The average molecular weight is 432 g/mol. The van der Waals surface area contributed by atoms with Crippen LogP contribution in [0.4, 0.5) is 5.69 Å². The van der Waals surface area contributed by atoms with Gasteiger partial charge in [-0.1, -0.05) is 53.2 Å². The zero-order valence-corrected chi connectivity index (χ0v) is 17.1. The van der Waals surface area contributed by atoms with E-state index in [9.17, 15) is 14.9 Å². The van der Waals surface area contributed by atoms with Crippen molar-refractivity contribution in [3.05, 3.63) is 74.2 Å². The number of halogens is 2. The van der Waals surface area contributed by atoms with E-state index < -0.39 is 11.2 Å². The van der Waals surface area contributed by atoms with Gasteiger partial charge in [-0.15, -0.1) is 0 Å². The first-order valence-corrected chi connectivity index (χ1v) is 9.91. The molecule has 0 spiro atoms. The number of primary amides is 1. The monoisotopic (exact) mass is 431 g/mol. The molecule has 1 aliphatic heterocycles. The second-order valence-corrected chi connectivity index (χ2v) is 8.20. The minimum absolute atomic E-state index is 0.234. The van der Waals surface area contributed by atoms with Crippen LogP contribution in [0.15, 0.2) is 53.1 Å². The first kappa shape index (κ1) is 20.3. The lowest BCUT2D eigenvalue weighted by Gasteiger charge is -2.20. The molecule has 0 radical (unpaired) electrons. The highest BCUT2D eigenvalue weighted by Gasteiger charge is 2.41. The number of hydrogen-bond acceptors (Lipinski definition) is 4. The molecule has 1 heterocycles. The van der Waals surface area contributed by atoms with Crippen LogP contribution in [0.25, 0.3) is 0 Å². The molecule has 2 aromatic rings. The number of carbonyl (C=O) groups is 2. The number of para-hydroxylation sites is 1. The number of anilines is 1. The number of carbonyl (C=O) groups excluding carboxylic acids is 2. The molecule has 1 fully saturated rings. The van der Waals surface area contributed by atoms with Gasteiger partial charge in [-0.05, 0) is 48.7 Å². The second kappa shape index (κ2) is 8.27. The quantitative estimate of drug-likeness (QED) is 0.579. The molecule has 142 valence electrons. The maximum atomic E-state index is 13.2. The zero-order chi connectivity index (χ0) is 20.4. The lowest BCUT2D eigenvalue weighted by molar-refractivity contribution is -0.117. The van der Waals surface area contributed by atoms with E-state index in [1.54, 1.807) is 30.3 Å². The Morgan fingerprint density at radius 2 is 2.00 bits per heavy atom. The van der Waals surface area contributed by atoms with Gasteiger partial charge in [-0.3, -0.25) is 14.5 Å². The smallest absolute Gasteiger partial charge is 0.262 e. The molecule has 0 bridgehead atoms. The Morgan fingerprint density at radius 3 is 2.64 bits per heavy atom. The normalized spacial score (nSPS) is 18.1. The summed E-state index contributed by atoms with van der Waals surface area (Å²) in [4.78, 5) is 26.4. The minimum Gasteiger partial charge on any atom is -0.365 e. The van der Waals surface area contributed by atoms with Gasteiger partial charge in [-0.2, -0.15) is 5.26 Å². The molecule has 0 saturated carbocycles. The third-order valence-corrected chi connectivity index (χ3v) is 6.16. The van der Waals surface area contributed by atoms with E-state index in [1.807, 2.05) is 25.1 Å². The Morgan fingerprint density at radius 1 is 1.29 bits per heavy atom. The fourth-order valence-corrected chi connectivity index (χ4v) is 4.62. The first-order valence-electron chi connectivity index (χ1n) is 8.28. The molecule has 28 heavy (non-hydrogen) atoms. The van der Waals surface area contributed by atoms with Crippen LogP contribution in [-0.4, -0.2) is 17.1 Å². The molecule has 1 atom stereocenters. The van der Waals surface area contributed by atoms with Crippen LogP contribution in [0, 0.1) is 18.3 Å². The molecular formula is C20H15Cl2N3O2S. The maximum Gasteiger partial charge on any atom is 0.262 e. The number of benzene rings is 2. The first-order chi connectivity index (χ1) is 13.3. The van der Waals surface area contributed by atoms with Crippen LogP contribution in [-0.2, 0) is 16.0 Å². The van der Waals surface area contributed by atoms with Crippen LogP contribution < -0.4 is 10.6 Å². The SMILES string of the molecule is Cc1ccccc1N1C(=O)C(Cc2cc(Cl)ccc2Cl)SC1=C(C#N)C(N)=O. The van der Waals surface area contributed by atoms with Gasteiger partial charge in [0.1, 0.15) is 16.7 Å². The zero-order valence-electron chi connectivity index (χ0n) is 14.8. The molecular weight excluding hydrogens is 417 g/mol. The summed E-state index contributed by atoms with van der Waals surface area (Å²) in [7, 11) is 0. The van der Waals surface area contributed by atoms with Crippen molar-refractivity contribution in [1.29, 1.82) is 5.26 Å². The molecule has 3 rings (SSSR count). The van der Waals surface area contributed by atoms with Gasteiger partial charge in [0.15, 0.2) is 0 Å². The number of rotatable bonds is 4. The van der Waals surface area contributed by atoms with Crippen molar-refractivity contribution < 1.29 is 9.59 Å². The van der Waals surface area contributed by atoms with Crippen molar-refractivity contribution in [2.75, 3.05) is 4.90 Å². The molecule has 2 amide bonds. The van der Waals surface area contributed by atoms with Gasteiger partial charge in [0, 0.05) is 10.0 Å². The van der Waals surface area contributed by atoms with E-state index in [0.29, 0.717) is 27.7 Å². The standard InChI is InChI=1S/C20H15Cl2N3O2S/c1-11-4-2-3-5-16(11)25-19(27)17(28-20(25)14(10-23)18(24)26)9-12-8-13(21)6-7-15(12)22/h2-8,17H,9H2,1H3,(H2,24,26). The summed E-state index contributed by atoms with van der Waals surface area (Å²) in [5.41, 5.74) is 7.28. The molecule has 5 nitrogen and oxygen atoms in total. The number of nitrogens with zero attached hydrogens (tertiary/aromatic N) is 2. The van der Waals surface area contributed by atoms with E-state index in [0.717, 1.165) is 17.3 Å². The highest BCUT2D eigenvalue weighted by atomic mass is 35.5. The topological polar surface area (TPSA) is 87.2 Å². The number of nitriles is 1. The molecule has 1 unspecified atom stereocenters. The molecule has 8 heteroatoms. The van der Waals surface area contributed by atoms with Crippen molar-refractivity contribution in [3.63, 3.8) is 0 Å². The largest absolute Gasteiger partial charge is 0.365 e. The van der Waals surface area contributed by atoms with Crippen molar-refractivity contribution in [2.45, 2.75) is 18.6 Å². The average Bonchev–Trinajstić information content (AvgIpc) is 2.95. The number of thioether (sulfide) groups is 1. The number of amides is 2. The van der Waals surface area contributed by atoms with Gasteiger partial charge in [0.2, 0.25) is 5.91 Å². The molecule has 1 aliphatic rings. The van der Waals surface area contributed by atoms with E-state index in [-0.39, 0.29) is 16.5 Å². The Kier molecular flexibility index (Phi) is 5.99. The van der Waals surface area contributed by atoms with Crippen molar-refractivity contribution in [2.24, 2.45) is 5.73 Å². The molecule has 2 aromatic carbocycles. The van der Waals surface area contributed by atoms with Gasteiger partial charge < -0.3 is 5.73 Å². The molecule has 0 aliphatic carbocycles. The van der Waals surface area contributed by atoms with Crippen LogP contribution >= 0.6 is 35.0 Å². The number of hydrogen-bond donors (Lipinski definition) is 1. The predicted molar refractivity (Wildman–Crippen MR) is 112 cm³/mol. The lowest BCUT2D eigenvalue weighted by Crippen LogP contribution is -2.31. The van der Waals surface area contributed by atoms with Crippen LogP contribution in [0.1, 0.15) is 11.1 Å². The fraction of sp³-hybridized carbons (Fsp3) is 0.150. The third-order valence-electron chi connectivity index (χ3n) is 4.29. The van der Waals surface area contributed by atoms with Gasteiger partial charge in [-0.25, -0.2) is 0 Å². The highest BCUT2D eigenvalue weighted by Crippen LogP contribution is 2.43. The summed E-state index contributed by atoms with van der Waals surface area (Å²) in [6.45, 7) is 1.85. The molecule has 0 aromatic heterocycles. The summed E-state index contributed by atoms with van der Waals surface area (Å²) < 4.78 is 0. The Hall–Kier alpha value is -2.46. The maximum absolute atomic E-state index is 13.2. The summed E-state index contributed by atoms with van der Waals surface area (Å²) in [6.07, 6.45) is 0.298. The Bertz CT molecular complexity index is 1050. The van der Waals surface area contributed by atoms with E-state index in [4.69, 9.17) is 28.9 Å². The number of aryl methyl sites for hydroxylation is 1. The van der Waals surface area contributed by atoms with Gasteiger partial charge in [0.05, 0.1) is 10.9 Å². The van der Waals surface area contributed by atoms with E-state index in [1.165, 1.54) is 4.90 Å². The summed E-state index contributed by atoms with van der Waals surface area (Å²) in [6, 6.07) is 14.1. The van der Waals surface area contributed by atoms with E-state index >= 15 is 0 Å². The fourth-order valence-electron chi connectivity index (χ4n) is 2.93. The Balaban J connectivity index is 2.08. The van der Waals surface area contributed by atoms with Gasteiger partial charge >= 0.3 is 0 Å². The van der Waals surface area contributed by atoms with Gasteiger partial charge in [0.25, 0.3) is 5.91 Å². The Labute approximate surface area is 176 Å². The van der Waals surface area contributed by atoms with Crippen molar-refractivity contribution in [3.8, 4) is 6.07 Å². The predicted octanol–water partition coefficient (Wildman–Crippen LogP) is 4.21. The molecule has 2 N–H and O–H groups in total. The van der Waals surface area contributed by atoms with E-state index in [2.05, 4.69) is 0 Å². The van der Waals surface area contributed by atoms with Crippen LogP contribution in [0.3, 0.4) is 0 Å². The third kappa shape index (κ3) is 3.88. The van der Waals surface area contributed by atoms with Crippen molar-refractivity contribution in [1.82, 2.24) is 0 Å². The second-order valence-electron chi connectivity index (χ2n) is 6.16. The molecule has 1 saturated heterocycles.